The van der Waals surface area contributed by atoms with Crippen LogP contribution >= 0.6 is 11.3 Å². The molecule has 1 fully saturated rings. The van der Waals surface area contributed by atoms with Gasteiger partial charge in [-0.05, 0) is 37.6 Å². The number of benzene rings is 1. The standard InChI is InChI=1S/C17H19N3O3S/c21-17(15-8-9-16(24-15)20(22)23)18-14(12-19-10-4-5-11-19)13-6-2-1-3-7-13/h1-3,6-9,14H,4-5,10-12H2,(H,18,21). The van der Waals surface area contributed by atoms with Crippen molar-refractivity contribution >= 4 is 22.2 Å². The molecule has 1 aromatic carbocycles. The number of carbonyl (C=O) groups is 1. The molecule has 1 atom stereocenters. The number of thiophene rings is 1. The normalized spacial score (nSPS) is 16.0. The van der Waals surface area contributed by atoms with Crippen molar-refractivity contribution in [2.45, 2.75) is 18.9 Å². The van der Waals surface area contributed by atoms with Gasteiger partial charge in [-0.3, -0.25) is 14.9 Å². The summed E-state index contributed by atoms with van der Waals surface area (Å²) < 4.78 is 0. The second-order valence-corrected chi connectivity index (χ2v) is 6.90. The number of likely N-dealkylation sites (tertiary alicyclic amines) is 1. The fraction of sp³-hybridized carbons (Fsp3) is 0.353. The Labute approximate surface area is 144 Å². The van der Waals surface area contributed by atoms with Gasteiger partial charge in [-0.25, -0.2) is 0 Å². The SMILES string of the molecule is O=C(NC(CN1CCCC1)c1ccccc1)c1ccc([N+](=O)[O-])s1. The first-order chi connectivity index (χ1) is 11.6. The summed E-state index contributed by atoms with van der Waals surface area (Å²) in [7, 11) is 0. The lowest BCUT2D eigenvalue weighted by atomic mass is 10.1. The van der Waals surface area contributed by atoms with Gasteiger partial charge in [0, 0.05) is 12.6 Å². The minimum atomic E-state index is -0.472. The van der Waals surface area contributed by atoms with Crippen LogP contribution in [0.4, 0.5) is 5.00 Å². The Morgan fingerprint density at radius 2 is 1.92 bits per heavy atom. The maximum Gasteiger partial charge on any atom is 0.324 e. The van der Waals surface area contributed by atoms with E-state index in [9.17, 15) is 14.9 Å². The Kier molecular flexibility index (Phi) is 5.22. The fourth-order valence-electron chi connectivity index (χ4n) is 2.92. The first-order valence-corrected chi connectivity index (χ1v) is 8.77. The Bertz CT molecular complexity index is 711. The van der Waals surface area contributed by atoms with Crippen LogP contribution in [-0.2, 0) is 0 Å². The van der Waals surface area contributed by atoms with Crippen LogP contribution in [0.1, 0.15) is 34.1 Å². The van der Waals surface area contributed by atoms with E-state index in [0.717, 1.165) is 36.5 Å². The zero-order valence-electron chi connectivity index (χ0n) is 13.2. The Morgan fingerprint density at radius 1 is 1.21 bits per heavy atom. The van der Waals surface area contributed by atoms with E-state index in [4.69, 9.17) is 0 Å². The second kappa shape index (κ2) is 7.55. The average Bonchev–Trinajstić information content (AvgIpc) is 3.26. The van der Waals surface area contributed by atoms with Gasteiger partial charge in [0.25, 0.3) is 5.91 Å². The molecule has 0 bridgehead atoms. The van der Waals surface area contributed by atoms with Crippen LogP contribution in [0.5, 0.6) is 0 Å². The molecule has 0 saturated carbocycles. The lowest BCUT2D eigenvalue weighted by Gasteiger charge is -2.24. The van der Waals surface area contributed by atoms with Gasteiger partial charge in [0.2, 0.25) is 0 Å². The number of nitro groups is 1. The molecule has 126 valence electrons. The van der Waals surface area contributed by atoms with Crippen molar-refractivity contribution in [2.24, 2.45) is 0 Å². The van der Waals surface area contributed by atoms with E-state index in [0.29, 0.717) is 4.88 Å². The smallest absolute Gasteiger partial charge is 0.324 e. The van der Waals surface area contributed by atoms with Crippen molar-refractivity contribution in [3.8, 4) is 0 Å². The Balaban J connectivity index is 1.74. The van der Waals surface area contributed by atoms with E-state index in [-0.39, 0.29) is 17.0 Å². The van der Waals surface area contributed by atoms with Gasteiger partial charge in [0.15, 0.2) is 0 Å². The minimum absolute atomic E-state index is 0.0176. The van der Waals surface area contributed by atoms with E-state index in [2.05, 4.69) is 10.2 Å². The van der Waals surface area contributed by atoms with Gasteiger partial charge < -0.3 is 10.2 Å². The Morgan fingerprint density at radius 3 is 2.54 bits per heavy atom. The average molecular weight is 345 g/mol. The van der Waals surface area contributed by atoms with Crippen molar-refractivity contribution in [2.75, 3.05) is 19.6 Å². The predicted octanol–water partition coefficient (Wildman–Crippen LogP) is 3.22. The third-order valence-corrected chi connectivity index (χ3v) is 5.18. The molecule has 0 radical (unpaired) electrons. The number of nitrogens with zero attached hydrogens (tertiary/aromatic N) is 2. The van der Waals surface area contributed by atoms with E-state index < -0.39 is 4.92 Å². The summed E-state index contributed by atoms with van der Waals surface area (Å²) in [5.41, 5.74) is 1.05. The molecular formula is C17H19N3O3S. The molecule has 3 rings (SSSR count). The monoisotopic (exact) mass is 345 g/mol. The maximum absolute atomic E-state index is 12.5. The summed E-state index contributed by atoms with van der Waals surface area (Å²) in [6.07, 6.45) is 2.37. The van der Waals surface area contributed by atoms with Crippen LogP contribution in [0.15, 0.2) is 42.5 Å². The van der Waals surface area contributed by atoms with Crippen LogP contribution < -0.4 is 5.32 Å². The summed E-state index contributed by atoms with van der Waals surface area (Å²) in [5, 5.41) is 13.8. The molecule has 24 heavy (non-hydrogen) atoms. The highest BCUT2D eigenvalue weighted by Crippen LogP contribution is 2.25. The van der Waals surface area contributed by atoms with Gasteiger partial charge >= 0.3 is 5.00 Å². The van der Waals surface area contributed by atoms with Crippen molar-refractivity contribution in [1.82, 2.24) is 10.2 Å². The summed E-state index contributed by atoms with van der Waals surface area (Å²) in [4.78, 5) is 25.5. The van der Waals surface area contributed by atoms with Crippen LogP contribution in [0.2, 0.25) is 0 Å². The van der Waals surface area contributed by atoms with E-state index in [1.54, 1.807) is 0 Å². The Hall–Kier alpha value is -2.25. The van der Waals surface area contributed by atoms with Crippen LogP contribution in [0.25, 0.3) is 0 Å². The van der Waals surface area contributed by atoms with Crippen LogP contribution in [0.3, 0.4) is 0 Å². The van der Waals surface area contributed by atoms with Crippen LogP contribution in [0, 0.1) is 10.1 Å². The molecule has 1 aromatic heterocycles. The molecule has 1 aliphatic rings. The molecule has 1 saturated heterocycles. The molecule has 6 nitrogen and oxygen atoms in total. The molecule has 1 N–H and O–H groups in total. The zero-order valence-corrected chi connectivity index (χ0v) is 14.0. The van der Waals surface area contributed by atoms with Gasteiger partial charge in [0.1, 0.15) is 0 Å². The van der Waals surface area contributed by atoms with Gasteiger partial charge in [-0.2, -0.15) is 0 Å². The first kappa shape index (κ1) is 16.6. The van der Waals surface area contributed by atoms with E-state index in [1.807, 2.05) is 30.3 Å². The summed E-state index contributed by atoms with van der Waals surface area (Å²) in [5.74, 6) is -0.263. The van der Waals surface area contributed by atoms with Crippen molar-refractivity contribution in [3.05, 3.63) is 63.0 Å². The number of hydrogen-bond acceptors (Lipinski definition) is 5. The van der Waals surface area contributed by atoms with E-state index in [1.165, 1.54) is 25.0 Å². The molecule has 1 aliphatic heterocycles. The zero-order chi connectivity index (χ0) is 16.9. The molecular weight excluding hydrogens is 326 g/mol. The lowest BCUT2D eigenvalue weighted by molar-refractivity contribution is -0.380. The third-order valence-electron chi connectivity index (χ3n) is 4.14. The molecule has 2 heterocycles. The number of nitrogens with one attached hydrogen (secondary N) is 1. The minimum Gasteiger partial charge on any atom is -0.343 e. The lowest BCUT2D eigenvalue weighted by Crippen LogP contribution is -2.36. The maximum atomic E-state index is 12.5. The predicted molar refractivity (Wildman–Crippen MR) is 93.3 cm³/mol. The van der Waals surface area contributed by atoms with Crippen molar-refractivity contribution in [1.29, 1.82) is 0 Å². The third kappa shape index (κ3) is 3.98. The summed E-state index contributed by atoms with van der Waals surface area (Å²) in [6.45, 7) is 2.84. The fourth-order valence-corrected chi connectivity index (χ4v) is 3.64. The van der Waals surface area contributed by atoms with Crippen LogP contribution in [-0.4, -0.2) is 35.4 Å². The number of hydrogen-bond donors (Lipinski definition) is 1. The number of carbonyl (C=O) groups excluding carboxylic acids is 1. The highest BCUT2D eigenvalue weighted by molar-refractivity contribution is 7.17. The number of amides is 1. The molecule has 0 spiro atoms. The second-order valence-electron chi connectivity index (χ2n) is 5.84. The highest BCUT2D eigenvalue weighted by Gasteiger charge is 2.22. The molecule has 1 unspecified atom stereocenters. The molecule has 1 amide bonds. The van der Waals surface area contributed by atoms with Gasteiger partial charge in [-0.1, -0.05) is 41.7 Å². The van der Waals surface area contributed by atoms with Gasteiger partial charge in [-0.15, -0.1) is 0 Å². The molecule has 2 aromatic rings. The van der Waals surface area contributed by atoms with E-state index >= 15 is 0 Å². The topological polar surface area (TPSA) is 75.5 Å². The first-order valence-electron chi connectivity index (χ1n) is 7.96. The summed E-state index contributed by atoms with van der Waals surface area (Å²) >= 11 is 0.904. The van der Waals surface area contributed by atoms with Crippen molar-refractivity contribution in [3.63, 3.8) is 0 Å². The molecule has 7 heteroatoms. The quantitative estimate of drug-likeness (QED) is 0.644. The number of rotatable bonds is 6. The largest absolute Gasteiger partial charge is 0.343 e. The van der Waals surface area contributed by atoms with Gasteiger partial charge in [0.05, 0.1) is 15.8 Å². The molecule has 0 aliphatic carbocycles. The van der Waals surface area contributed by atoms with Crippen molar-refractivity contribution < 1.29 is 9.72 Å². The summed E-state index contributed by atoms with van der Waals surface area (Å²) in [6, 6.07) is 12.6. The highest BCUT2D eigenvalue weighted by atomic mass is 32.1.